The molecule has 2 aromatic carbocycles. The summed E-state index contributed by atoms with van der Waals surface area (Å²) >= 11 is 0. The van der Waals surface area contributed by atoms with Gasteiger partial charge in [0.05, 0.1) is 12.0 Å². The lowest BCUT2D eigenvalue weighted by atomic mass is 9.87. The molecule has 1 amide bonds. The fourth-order valence-electron chi connectivity index (χ4n) is 3.98. The van der Waals surface area contributed by atoms with Crippen molar-refractivity contribution in [1.29, 1.82) is 0 Å². The van der Waals surface area contributed by atoms with Gasteiger partial charge >= 0.3 is 5.97 Å². The van der Waals surface area contributed by atoms with Crippen molar-refractivity contribution in [2.45, 2.75) is 32.1 Å². The van der Waals surface area contributed by atoms with Crippen molar-refractivity contribution in [2.75, 3.05) is 34.7 Å². The first-order valence-electron chi connectivity index (χ1n) is 10.8. The molecule has 31 heavy (non-hydrogen) atoms. The quantitative estimate of drug-likeness (QED) is 0.491. The van der Waals surface area contributed by atoms with E-state index < -0.39 is 5.97 Å². The minimum absolute atomic E-state index is 0.0556. The number of ether oxygens (including phenoxy) is 1. The van der Waals surface area contributed by atoms with Gasteiger partial charge in [0.2, 0.25) is 5.91 Å². The van der Waals surface area contributed by atoms with Gasteiger partial charge in [-0.15, -0.1) is 0 Å². The van der Waals surface area contributed by atoms with Crippen LogP contribution in [-0.2, 0) is 11.2 Å². The van der Waals surface area contributed by atoms with E-state index in [0.717, 1.165) is 24.9 Å². The topological polar surface area (TPSA) is 49.9 Å². The molecule has 0 saturated heterocycles. The lowest BCUT2D eigenvalue weighted by molar-refractivity contribution is -0.127. The molecule has 164 valence electrons. The average Bonchev–Trinajstić information content (AvgIpc) is 2.74. The summed E-state index contributed by atoms with van der Waals surface area (Å²) in [5.41, 5.74) is 5.05. The smallest absolute Gasteiger partial charge is 0.343 e. The third kappa shape index (κ3) is 6.05. The van der Waals surface area contributed by atoms with Crippen LogP contribution < -0.4 is 4.74 Å². The van der Waals surface area contributed by atoms with Crippen LogP contribution in [0.5, 0.6) is 5.75 Å². The zero-order valence-electron chi connectivity index (χ0n) is 19.0. The van der Waals surface area contributed by atoms with Crippen molar-refractivity contribution in [1.82, 2.24) is 9.80 Å². The molecule has 0 heterocycles. The molecule has 5 heteroatoms. The summed E-state index contributed by atoms with van der Waals surface area (Å²) in [5.74, 6) is 0.0314. The monoisotopic (exact) mass is 420 g/mol. The minimum atomic E-state index is -0.439. The number of hydrogen-bond donors (Lipinski definition) is 0. The van der Waals surface area contributed by atoms with Gasteiger partial charge in [0, 0.05) is 20.6 Å². The summed E-state index contributed by atoms with van der Waals surface area (Å²) in [6.07, 6.45) is 4.74. The van der Waals surface area contributed by atoms with Crippen LogP contribution in [0, 0.1) is 0 Å². The molecule has 0 N–H and O–H groups in total. The van der Waals surface area contributed by atoms with Gasteiger partial charge in [-0.2, -0.15) is 0 Å². The van der Waals surface area contributed by atoms with Crippen molar-refractivity contribution in [3.05, 3.63) is 70.8 Å². The summed E-state index contributed by atoms with van der Waals surface area (Å²) < 4.78 is 5.73. The maximum Gasteiger partial charge on any atom is 0.343 e. The Kier molecular flexibility index (Phi) is 7.64. The highest BCUT2D eigenvalue weighted by Gasteiger charge is 2.18. The van der Waals surface area contributed by atoms with E-state index in [1.165, 1.54) is 28.9 Å². The van der Waals surface area contributed by atoms with E-state index in [9.17, 15) is 9.59 Å². The summed E-state index contributed by atoms with van der Waals surface area (Å²) in [6.45, 7) is 0.951. The van der Waals surface area contributed by atoms with Crippen LogP contribution in [0.4, 0.5) is 0 Å². The third-order valence-corrected chi connectivity index (χ3v) is 5.56. The zero-order valence-corrected chi connectivity index (χ0v) is 19.0. The highest BCUT2D eigenvalue weighted by molar-refractivity contribution is 5.94. The van der Waals surface area contributed by atoms with Gasteiger partial charge in [0.15, 0.2) is 0 Å². The molecular weight excluding hydrogens is 388 g/mol. The molecule has 0 bridgehead atoms. The van der Waals surface area contributed by atoms with Crippen LogP contribution in [0.25, 0.3) is 5.57 Å². The van der Waals surface area contributed by atoms with Crippen molar-refractivity contribution in [3.63, 3.8) is 0 Å². The molecule has 1 aliphatic carbocycles. The van der Waals surface area contributed by atoms with Gasteiger partial charge < -0.3 is 14.5 Å². The fourth-order valence-corrected chi connectivity index (χ4v) is 3.98. The lowest BCUT2D eigenvalue weighted by Gasteiger charge is -2.23. The number of carbonyl (C=O) groups excluding carboxylic acids is 2. The number of esters is 1. The van der Waals surface area contributed by atoms with Gasteiger partial charge in [-0.05, 0) is 74.7 Å². The Morgan fingerprint density at radius 2 is 1.68 bits per heavy atom. The predicted molar refractivity (Wildman–Crippen MR) is 124 cm³/mol. The maximum absolute atomic E-state index is 12.9. The van der Waals surface area contributed by atoms with E-state index in [0.29, 0.717) is 16.9 Å². The Hall–Kier alpha value is -2.92. The van der Waals surface area contributed by atoms with E-state index in [1.807, 2.05) is 24.3 Å². The molecule has 1 aliphatic rings. The number of rotatable bonds is 7. The highest BCUT2D eigenvalue weighted by Crippen LogP contribution is 2.34. The van der Waals surface area contributed by atoms with Crippen molar-refractivity contribution in [3.8, 4) is 5.75 Å². The molecule has 0 fully saturated rings. The van der Waals surface area contributed by atoms with Crippen LogP contribution in [0.15, 0.2) is 54.1 Å². The molecule has 2 aromatic rings. The first-order chi connectivity index (χ1) is 14.8. The van der Waals surface area contributed by atoms with Crippen molar-refractivity contribution >= 4 is 17.4 Å². The van der Waals surface area contributed by atoms with Gasteiger partial charge in [0.25, 0.3) is 0 Å². The number of benzene rings is 2. The van der Waals surface area contributed by atoms with E-state index in [4.69, 9.17) is 4.74 Å². The molecule has 3 rings (SSSR count). The first kappa shape index (κ1) is 22.8. The molecular formula is C26H32N2O3. The second-order valence-corrected chi connectivity index (χ2v) is 8.57. The van der Waals surface area contributed by atoms with Crippen LogP contribution >= 0.6 is 0 Å². The van der Waals surface area contributed by atoms with E-state index >= 15 is 0 Å². The third-order valence-electron chi connectivity index (χ3n) is 5.56. The Morgan fingerprint density at radius 3 is 2.42 bits per heavy atom. The Bertz CT molecular complexity index is 976. The van der Waals surface area contributed by atoms with E-state index in [-0.39, 0.29) is 12.3 Å². The van der Waals surface area contributed by atoms with Crippen LogP contribution in [0.2, 0.25) is 0 Å². The number of nitrogens with zero attached hydrogens (tertiary/aromatic N) is 2. The SMILES string of the molecule is CN(C)CC1=C(c2cccc(OC(=O)c3ccccc3CC(=O)N(C)C)c2)CCCC1. The maximum atomic E-state index is 12.9. The highest BCUT2D eigenvalue weighted by atomic mass is 16.5. The minimum Gasteiger partial charge on any atom is -0.423 e. The largest absolute Gasteiger partial charge is 0.423 e. The number of hydrogen-bond acceptors (Lipinski definition) is 4. The normalized spacial score (nSPS) is 14.0. The number of carbonyl (C=O) groups is 2. The zero-order chi connectivity index (χ0) is 22.4. The summed E-state index contributed by atoms with van der Waals surface area (Å²) in [4.78, 5) is 28.8. The second-order valence-electron chi connectivity index (χ2n) is 8.57. The summed E-state index contributed by atoms with van der Waals surface area (Å²) in [6, 6.07) is 14.9. The Morgan fingerprint density at radius 1 is 0.935 bits per heavy atom. The van der Waals surface area contributed by atoms with Crippen LogP contribution in [0.1, 0.15) is 47.2 Å². The Balaban J connectivity index is 1.83. The summed E-state index contributed by atoms with van der Waals surface area (Å²) in [7, 11) is 7.60. The van der Waals surface area contributed by atoms with Crippen molar-refractivity contribution < 1.29 is 14.3 Å². The van der Waals surface area contributed by atoms with Crippen LogP contribution in [-0.4, -0.2) is 56.4 Å². The van der Waals surface area contributed by atoms with Crippen molar-refractivity contribution in [2.24, 2.45) is 0 Å². The van der Waals surface area contributed by atoms with Gasteiger partial charge in [-0.3, -0.25) is 4.79 Å². The van der Waals surface area contributed by atoms with E-state index in [2.05, 4.69) is 25.1 Å². The Labute approximate surface area is 185 Å². The molecule has 0 unspecified atom stereocenters. The molecule has 5 nitrogen and oxygen atoms in total. The molecule has 0 aromatic heterocycles. The summed E-state index contributed by atoms with van der Waals surface area (Å²) in [5, 5.41) is 0. The molecule has 0 radical (unpaired) electrons. The fraction of sp³-hybridized carbons (Fsp3) is 0.385. The first-order valence-corrected chi connectivity index (χ1v) is 10.8. The number of allylic oxidation sites excluding steroid dienone is 1. The lowest BCUT2D eigenvalue weighted by Crippen LogP contribution is -2.24. The standard InChI is InChI=1S/C26H32N2O3/c1-27(2)18-21-11-6-7-14-23(21)19-12-9-13-22(16-19)31-26(30)24-15-8-5-10-20(24)17-25(29)28(3)4/h5,8-10,12-13,15-16H,6-7,11,14,17-18H2,1-4H3. The molecule has 0 atom stereocenters. The molecule has 0 spiro atoms. The average molecular weight is 421 g/mol. The number of likely N-dealkylation sites (N-methyl/N-ethyl adjacent to an activating group) is 2. The second kappa shape index (κ2) is 10.4. The molecule has 0 aliphatic heterocycles. The van der Waals surface area contributed by atoms with Gasteiger partial charge in [-0.25, -0.2) is 4.79 Å². The van der Waals surface area contributed by atoms with Gasteiger partial charge in [-0.1, -0.05) is 35.9 Å². The van der Waals surface area contributed by atoms with E-state index in [1.54, 1.807) is 32.3 Å². The van der Waals surface area contributed by atoms with Gasteiger partial charge in [0.1, 0.15) is 5.75 Å². The number of amides is 1. The predicted octanol–water partition coefficient (Wildman–Crippen LogP) is 4.43. The molecule has 0 saturated carbocycles. The van der Waals surface area contributed by atoms with Crippen LogP contribution in [0.3, 0.4) is 0 Å².